The fourth-order valence-corrected chi connectivity index (χ4v) is 2.69. The molecule has 2 fully saturated rings. The summed E-state index contributed by atoms with van der Waals surface area (Å²) in [6, 6.07) is 0. The van der Waals surface area contributed by atoms with Crippen LogP contribution >= 0.6 is 12.4 Å². The van der Waals surface area contributed by atoms with Crippen LogP contribution in [0, 0.1) is 5.41 Å². The van der Waals surface area contributed by atoms with Gasteiger partial charge in [-0.25, -0.2) is 0 Å². The van der Waals surface area contributed by atoms with Crippen molar-refractivity contribution < 1.29 is 9.53 Å². The summed E-state index contributed by atoms with van der Waals surface area (Å²) in [6.45, 7) is 7.02. The Morgan fingerprint density at radius 3 is 2.94 bits per heavy atom. The molecule has 5 heteroatoms. The van der Waals surface area contributed by atoms with Gasteiger partial charge < -0.3 is 15.0 Å². The Bertz CT molecular complexity index is 255. The lowest BCUT2D eigenvalue weighted by atomic mass is 9.87. The number of carbonyl (C=O) groups excluding carboxylic acids is 1. The van der Waals surface area contributed by atoms with Crippen molar-refractivity contribution in [2.24, 2.45) is 5.41 Å². The van der Waals surface area contributed by atoms with Gasteiger partial charge in [-0.3, -0.25) is 4.79 Å². The number of hydrogen-bond donors (Lipinski definition) is 1. The summed E-state index contributed by atoms with van der Waals surface area (Å²) in [7, 11) is 0. The molecule has 100 valence electrons. The lowest BCUT2D eigenvalue weighted by Crippen LogP contribution is -2.35. The van der Waals surface area contributed by atoms with Gasteiger partial charge in [0.15, 0.2) is 0 Å². The predicted octanol–water partition coefficient (Wildman–Crippen LogP) is 1.05. The molecule has 0 aromatic heterocycles. The van der Waals surface area contributed by atoms with Gasteiger partial charge in [0.05, 0.1) is 0 Å². The summed E-state index contributed by atoms with van der Waals surface area (Å²) in [5.74, 6) is 0.164. The van der Waals surface area contributed by atoms with Crippen LogP contribution in [0.1, 0.15) is 26.2 Å². The molecular formula is C12H23ClN2O2. The van der Waals surface area contributed by atoms with Crippen molar-refractivity contribution in [1.29, 1.82) is 0 Å². The van der Waals surface area contributed by atoms with Crippen LogP contribution in [0.4, 0.5) is 0 Å². The summed E-state index contributed by atoms with van der Waals surface area (Å²) in [6.07, 6.45) is 3.34. The van der Waals surface area contributed by atoms with Gasteiger partial charge >= 0.3 is 0 Å². The Balaban J connectivity index is 0.00000144. The van der Waals surface area contributed by atoms with Crippen LogP contribution in [0.3, 0.4) is 0 Å². The van der Waals surface area contributed by atoms with Crippen molar-refractivity contribution in [2.45, 2.75) is 26.2 Å². The van der Waals surface area contributed by atoms with E-state index in [1.165, 1.54) is 6.42 Å². The molecule has 2 aliphatic heterocycles. The minimum atomic E-state index is 0. The highest BCUT2D eigenvalue weighted by molar-refractivity contribution is 5.85. The molecule has 1 spiro atoms. The molecule has 0 aromatic carbocycles. The fraction of sp³-hybridized carbons (Fsp3) is 0.917. The summed E-state index contributed by atoms with van der Waals surface area (Å²) in [5, 5.41) is 3.40. The second-order valence-corrected chi connectivity index (χ2v) is 5.04. The first-order valence-electron chi connectivity index (χ1n) is 6.32. The van der Waals surface area contributed by atoms with Crippen LogP contribution in [0.15, 0.2) is 0 Å². The van der Waals surface area contributed by atoms with Gasteiger partial charge in [-0.05, 0) is 25.8 Å². The number of hydrogen-bond acceptors (Lipinski definition) is 3. The minimum Gasteiger partial charge on any atom is -0.372 e. The third-order valence-corrected chi connectivity index (χ3v) is 3.70. The minimum absolute atomic E-state index is 0. The molecule has 1 atom stereocenters. The molecule has 0 saturated carbocycles. The van der Waals surface area contributed by atoms with Gasteiger partial charge in [-0.2, -0.15) is 0 Å². The molecular weight excluding hydrogens is 240 g/mol. The Hall–Kier alpha value is -0.320. The molecule has 1 amide bonds. The van der Waals surface area contributed by atoms with Gasteiger partial charge in [0, 0.05) is 31.7 Å². The zero-order valence-corrected chi connectivity index (χ0v) is 11.4. The van der Waals surface area contributed by atoms with Gasteiger partial charge in [-0.15, -0.1) is 12.4 Å². The maximum Gasteiger partial charge on any atom is 0.248 e. The van der Waals surface area contributed by atoms with Crippen molar-refractivity contribution in [3.63, 3.8) is 0 Å². The highest BCUT2D eigenvalue weighted by atomic mass is 35.5. The summed E-state index contributed by atoms with van der Waals surface area (Å²) in [5.41, 5.74) is 0.375. The van der Waals surface area contributed by atoms with Crippen LogP contribution in [-0.4, -0.2) is 50.2 Å². The lowest BCUT2D eigenvalue weighted by molar-refractivity contribution is -0.135. The van der Waals surface area contributed by atoms with Gasteiger partial charge in [0.25, 0.3) is 0 Å². The number of nitrogens with one attached hydrogen (secondary N) is 1. The van der Waals surface area contributed by atoms with Crippen LogP contribution in [-0.2, 0) is 9.53 Å². The monoisotopic (exact) mass is 262 g/mol. The Kier molecular flexibility index (Phi) is 5.70. The van der Waals surface area contributed by atoms with Crippen molar-refractivity contribution in [3.05, 3.63) is 0 Å². The van der Waals surface area contributed by atoms with E-state index in [4.69, 9.17) is 4.74 Å². The molecule has 4 nitrogen and oxygen atoms in total. The first kappa shape index (κ1) is 14.7. The number of ether oxygens (including phenoxy) is 1. The van der Waals surface area contributed by atoms with Crippen LogP contribution in [0.2, 0.25) is 0 Å². The Morgan fingerprint density at radius 1 is 1.47 bits per heavy atom. The van der Waals surface area contributed by atoms with E-state index in [9.17, 15) is 4.79 Å². The summed E-state index contributed by atoms with van der Waals surface area (Å²) in [4.78, 5) is 13.8. The molecule has 1 N–H and O–H groups in total. The maximum atomic E-state index is 11.8. The second-order valence-electron chi connectivity index (χ2n) is 5.04. The van der Waals surface area contributed by atoms with Crippen LogP contribution < -0.4 is 5.32 Å². The van der Waals surface area contributed by atoms with E-state index < -0.39 is 0 Å². The average Bonchev–Trinajstić information content (AvgIpc) is 2.90. The van der Waals surface area contributed by atoms with Crippen LogP contribution in [0.25, 0.3) is 0 Å². The number of amides is 1. The molecule has 0 aromatic rings. The van der Waals surface area contributed by atoms with E-state index >= 15 is 0 Å². The molecule has 0 bridgehead atoms. The first-order valence-corrected chi connectivity index (χ1v) is 6.32. The van der Waals surface area contributed by atoms with Crippen molar-refractivity contribution in [3.8, 4) is 0 Å². The maximum absolute atomic E-state index is 11.8. The second kappa shape index (κ2) is 6.57. The number of halogens is 1. The first-order chi connectivity index (χ1) is 7.76. The van der Waals surface area contributed by atoms with Crippen LogP contribution in [0.5, 0.6) is 0 Å². The normalized spacial score (nSPS) is 27.5. The van der Waals surface area contributed by atoms with E-state index in [0.29, 0.717) is 12.0 Å². The Morgan fingerprint density at radius 2 is 2.29 bits per heavy atom. The molecule has 0 aliphatic carbocycles. The number of rotatable bonds is 4. The third kappa shape index (κ3) is 3.57. The number of likely N-dealkylation sites (tertiary alicyclic amines) is 1. The van der Waals surface area contributed by atoms with Gasteiger partial charge in [0.2, 0.25) is 5.91 Å². The smallest absolute Gasteiger partial charge is 0.248 e. The third-order valence-electron chi connectivity index (χ3n) is 3.70. The molecule has 17 heavy (non-hydrogen) atoms. The number of nitrogens with zero attached hydrogens (tertiary/aromatic N) is 1. The topological polar surface area (TPSA) is 41.6 Å². The molecule has 2 saturated heterocycles. The molecule has 1 unspecified atom stereocenters. The number of carbonyl (C=O) groups is 1. The summed E-state index contributed by atoms with van der Waals surface area (Å²) < 4.78 is 5.30. The lowest BCUT2D eigenvalue weighted by Gasteiger charge is -2.22. The van der Waals surface area contributed by atoms with E-state index in [0.717, 1.165) is 39.0 Å². The van der Waals surface area contributed by atoms with Crippen molar-refractivity contribution in [2.75, 3.05) is 39.4 Å². The standard InChI is InChI=1S/C12H22N2O2.ClH/c1-2-7-16-8-11(15)14-6-4-12(10-14)3-5-13-9-12;/h13H,2-10H2,1H3;1H. The largest absolute Gasteiger partial charge is 0.372 e. The molecule has 2 aliphatic rings. The molecule has 2 rings (SSSR count). The molecule has 2 heterocycles. The van der Waals surface area contributed by atoms with E-state index in [1.807, 2.05) is 4.90 Å². The quantitative estimate of drug-likeness (QED) is 0.770. The van der Waals surface area contributed by atoms with Gasteiger partial charge in [-0.1, -0.05) is 6.92 Å². The highest BCUT2D eigenvalue weighted by Gasteiger charge is 2.41. The zero-order valence-electron chi connectivity index (χ0n) is 10.5. The highest BCUT2D eigenvalue weighted by Crippen LogP contribution is 2.35. The van der Waals surface area contributed by atoms with E-state index in [2.05, 4.69) is 12.2 Å². The fourth-order valence-electron chi connectivity index (χ4n) is 2.69. The van der Waals surface area contributed by atoms with Crippen molar-refractivity contribution in [1.82, 2.24) is 10.2 Å². The summed E-state index contributed by atoms with van der Waals surface area (Å²) >= 11 is 0. The zero-order chi connectivity index (χ0) is 11.4. The van der Waals surface area contributed by atoms with E-state index in [-0.39, 0.29) is 24.9 Å². The SMILES string of the molecule is CCCOCC(=O)N1CCC2(CCNC2)C1.Cl. The Labute approximate surface area is 109 Å². The average molecular weight is 263 g/mol. The predicted molar refractivity (Wildman–Crippen MR) is 69.5 cm³/mol. The van der Waals surface area contributed by atoms with Gasteiger partial charge in [0.1, 0.15) is 6.61 Å². The molecule has 0 radical (unpaired) electrons. The van der Waals surface area contributed by atoms with Crippen molar-refractivity contribution >= 4 is 18.3 Å². The van der Waals surface area contributed by atoms with E-state index in [1.54, 1.807) is 0 Å².